The van der Waals surface area contributed by atoms with Gasteiger partial charge in [0.1, 0.15) is 0 Å². The number of benzene rings is 1. The van der Waals surface area contributed by atoms with E-state index in [0.29, 0.717) is 19.8 Å². The van der Waals surface area contributed by atoms with E-state index in [4.69, 9.17) is 4.74 Å². The van der Waals surface area contributed by atoms with Crippen LogP contribution in [0.4, 0.5) is 23.7 Å². The van der Waals surface area contributed by atoms with Gasteiger partial charge in [-0.2, -0.15) is 13.2 Å². The molecular weight excluding hydrogens is 287 g/mol. The number of carbonyl (C=O) groups excluding carboxylic acids is 1. The van der Waals surface area contributed by atoms with Gasteiger partial charge in [-0.3, -0.25) is 0 Å². The third kappa shape index (κ3) is 4.61. The Labute approximate surface area is 119 Å². The third-order valence-electron chi connectivity index (χ3n) is 2.99. The second kappa shape index (κ2) is 6.77. The first-order valence-electron chi connectivity index (χ1n) is 6.49. The van der Waals surface area contributed by atoms with Crippen molar-refractivity contribution in [1.82, 2.24) is 10.6 Å². The Morgan fingerprint density at radius 1 is 1.38 bits per heavy atom. The molecule has 1 aliphatic heterocycles. The largest absolute Gasteiger partial charge is 0.418 e. The Bertz CT molecular complexity index is 488. The summed E-state index contributed by atoms with van der Waals surface area (Å²) in [5.41, 5.74) is -1.14. The van der Waals surface area contributed by atoms with Gasteiger partial charge in [0.2, 0.25) is 0 Å². The topological polar surface area (TPSA) is 62.4 Å². The minimum atomic E-state index is -4.51. The number of alkyl halides is 3. The van der Waals surface area contributed by atoms with Crippen molar-refractivity contribution < 1.29 is 22.7 Å². The van der Waals surface area contributed by atoms with Crippen LogP contribution in [0, 0.1) is 0 Å². The number of nitrogens with one attached hydrogen (secondary N) is 3. The summed E-state index contributed by atoms with van der Waals surface area (Å²) in [4.78, 5) is 11.7. The smallest absolute Gasteiger partial charge is 0.378 e. The number of amides is 2. The molecule has 3 N–H and O–H groups in total. The molecule has 1 aliphatic rings. The van der Waals surface area contributed by atoms with Gasteiger partial charge >= 0.3 is 12.2 Å². The molecule has 21 heavy (non-hydrogen) atoms. The predicted octanol–water partition coefficient (Wildman–Crippen LogP) is 1.82. The summed E-state index contributed by atoms with van der Waals surface area (Å²) in [6, 6.07) is 4.12. The van der Waals surface area contributed by atoms with Gasteiger partial charge in [-0.05, 0) is 12.1 Å². The van der Waals surface area contributed by atoms with Gasteiger partial charge < -0.3 is 20.7 Å². The van der Waals surface area contributed by atoms with Crippen molar-refractivity contribution in [2.24, 2.45) is 0 Å². The fraction of sp³-hybridized carbons (Fsp3) is 0.462. The summed E-state index contributed by atoms with van der Waals surface area (Å²) in [6.45, 7) is 2.03. The van der Waals surface area contributed by atoms with Crippen molar-refractivity contribution in [1.29, 1.82) is 0 Å². The second-order valence-electron chi connectivity index (χ2n) is 4.60. The Hall–Kier alpha value is -1.80. The van der Waals surface area contributed by atoms with Crippen LogP contribution in [-0.4, -0.2) is 38.4 Å². The van der Waals surface area contributed by atoms with Crippen molar-refractivity contribution in [2.45, 2.75) is 12.2 Å². The van der Waals surface area contributed by atoms with Crippen molar-refractivity contribution in [3.8, 4) is 0 Å². The van der Waals surface area contributed by atoms with Crippen LogP contribution in [0.15, 0.2) is 24.3 Å². The minimum Gasteiger partial charge on any atom is -0.378 e. The molecule has 8 heteroatoms. The number of anilines is 1. The number of para-hydroxylation sites is 1. The van der Waals surface area contributed by atoms with Crippen LogP contribution in [0.3, 0.4) is 0 Å². The van der Waals surface area contributed by atoms with E-state index in [2.05, 4.69) is 16.0 Å². The third-order valence-corrected chi connectivity index (χ3v) is 2.99. The molecule has 2 rings (SSSR count). The molecule has 1 fully saturated rings. The fourth-order valence-electron chi connectivity index (χ4n) is 1.97. The van der Waals surface area contributed by atoms with Crippen molar-refractivity contribution in [3.05, 3.63) is 29.8 Å². The highest BCUT2D eigenvalue weighted by atomic mass is 19.4. The number of carbonyl (C=O) groups is 1. The van der Waals surface area contributed by atoms with Gasteiger partial charge in [-0.15, -0.1) is 0 Å². The molecule has 0 aromatic heterocycles. The van der Waals surface area contributed by atoms with Gasteiger partial charge in [-0.1, -0.05) is 12.1 Å². The zero-order valence-electron chi connectivity index (χ0n) is 11.2. The summed E-state index contributed by atoms with van der Waals surface area (Å²) in [5.74, 6) is 0. The van der Waals surface area contributed by atoms with E-state index in [9.17, 15) is 18.0 Å². The number of hydrogen-bond acceptors (Lipinski definition) is 3. The van der Waals surface area contributed by atoms with E-state index >= 15 is 0 Å². The molecule has 0 saturated carbocycles. The number of morpholine rings is 1. The number of halogens is 3. The molecule has 116 valence electrons. The van der Waals surface area contributed by atoms with Crippen molar-refractivity contribution >= 4 is 11.7 Å². The van der Waals surface area contributed by atoms with Gasteiger partial charge in [0.25, 0.3) is 0 Å². The van der Waals surface area contributed by atoms with Gasteiger partial charge in [0.15, 0.2) is 0 Å². The van der Waals surface area contributed by atoms with Crippen LogP contribution >= 0.6 is 0 Å². The van der Waals surface area contributed by atoms with Crippen LogP contribution in [0.1, 0.15) is 5.56 Å². The molecule has 1 atom stereocenters. The highest BCUT2D eigenvalue weighted by molar-refractivity contribution is 5.90. The van der Waals surface area contributed by atoms with Crippen molar-refractivity contribution in [2.75, 3.05) is 31.6 Å². The van der Waals surface area contributed by atoms with Crippen LogP contribution < -0.4 is 16.0 Å². The van der Waals surface area contributed by atoms with E-state index in [1.54, 1.807) is 0 Å². The van der Waals surface area contributed by atoms with Crippen LogP contribution in [-0.2, 0) is 10.9 Å². The van der Waals surface area contributed by atoms with Crippen LogP contribution in [0.2, 0.25) is 0 Å². The standard InChI is InChI=1S/C13H16F3N3O2/c14-13(15,16)10-3-1-2-4-11(10)19-12(20)18-7-9-8-21-6-5-17-9/h1-4,9,17H,5-8H2,(H2,18,19,20). The predicted molar refractivity (Wildman–Crippen MR) is 71.1 cm³/mol. The SMILES string of the molecule is O=C(NCC1COCCN1)Nc1ccccc1C(F)(F)F. The lowest BCUT2D eigenvalue weighted by Gasteiger charge is -2.24. The summed E-state index contributed by atoms with van der Waals surface area (Å²) in [6.07, 6.45) is -4.51. The fourth-order valence-corrected chi connectivity index (χ4v) is 1.97. The highest BCUT2D eigenvalue weighted by Crippen LogP contribution is 2.34. The van der Waals surface area contributed by atoms with Gasteiger partial charge in [-0.25, -0.2) is 4.79 Å². The van der Waals surface area contributed by atoms with Crippen LogP contribution in [0.5, 0.6) is 0 Å². The Morgan fingerprint density at radius 2 is 2.14 bits per heavy atom. The van der Waals surface area contributed by atoms with E-state index in [0.717, 1.165) is 6.07 Å². The maximum absolute atomic E-state index is 12.8. The summed E-state index contributed by atoms with van der Waals surface area (Å²) in [5, 5.41) is 7.86. The monoisotopic (exact) mass is 303 g/mol. The number of hydrogen-bond donors (Lipinski definition) is 3. The molecule has 1 saturated heterocycles. The molecule has 0 spiro atoms. The first-order valence-corrected chi connectivity index (χ1v) is 6.49. The molecule has 0 radical (unpaired) electrons. The highest BCUT2D eigenvalue weighted by Gasteiger charge is 2.33. The molecule has 1 aromatic carbocycles. The molecular formula is C13H16F3N3O2. The quantitative estimate of drug-likeness (QED) is 0.798. The lowest BCUT2D eigenvalue weighted by atomic mass is 10.1. The summed E-state index contributed by atoms with van der Waals surface area (Å²) >= 11 is 0. The zero-order chi connectivity index (χ0) is 15.3. The number of ether oxygens (including phenoxy) is 1. The first-order chi connectivity index (χ1) is 9.97. The maximum Gasteiger partial charge on any atom is 0.418 e. The lowest BCUT2D eigenvalue weighted by Crippen LogP contribution is -2.49. The number of rotatable bonds is 3. The average molecular weight is 303 g/mol. The lowest BCUT2D eigenvalue weighted by molar-refractivity contribution is -0.136. The average Bonchev–Trinajstić information content (AvgIpc) is 2.46. The molecule has 1 aromatic rings. The molecule has 5 nitrogen and oxygen atoms in total. The molecule has 1 heterocycles. The summed E-state index contributed by atoms with van der Waals surface area (Å²) < 4.78 is 43.5. The van der Waals surface area contributed by atoms with Gasteiger partial charge in [0.05, 0.1) is 24.5 Å². The maximum atomic E-state index is 12.8. The van der Waals surface area contributed by atoms with E-state index < -0.39 is 17.8 Å². The minimum absolute atomic E-state index is 0.0395. The normalized spacial score (nSPS) is 19.1. The first kappa shape index (κ1) is 15.6. The Kier molecular flexibility index (Phi) is 5.03. The molecule has 0 aliphatic carbocycles. The van der Waals surface area contributed by atoms with Crippen LogP contribution in [0.25, 0.3) is 0 Å². The Balaban J connectivity index is 1.90. The molecule has 0 bridgehead atoms. The second-order valence-corrected chi connectivity index (χ2v) is 4.60. The Morgan fingerprint density at radius 3 is 2.81 bits per heavy atom. The van der Waals surface area contributed by atoms with Gasteiger partial charge in [0, 0.05) is 19.1 Å². The number of urea groups is 1. The van der Waals surface area contributed by atoms with Crippen molar-refractivity contribution in [3.63, 3.8) is 0 Å². The van der Waals surface area contributed by atoms with E-state index in [-0.39, 0.29) is 18.3 Å². The molecule has 2 amide bonds. The van der Waals surface area contributed by atoms with E-state index in [1.807, 2.05) is 0 Å². The summed E-state index contributed by atoms with van der Waals surface area (Å²) in [7, 11) is 0. The van der Waals surface area contributed by atoms with E-state index in [1.165, 1.54) is 18.2 Å². The zero-order valence-corrected chi connectivity index (χ0v) is 11.2. The molecule has 1 unspecified atom stereocenters.